The number of carbonyl (C=O) groups is 2. The van der Waals surface area contributed by atoms with Gasteiger partial charge in [0.15, 0.2) is 0 Å². The van der Waals surface area contributed by atoms with Crippen molar-refractivity contribution in [3.05, 3.63) is 0 Å². The average Bonchev–Trinajstić information content (AvgIpc) is 1.98. The van der Waals surface area contributed by atoms with Gasteiger partial charge in [-0.3, -0.25) is 4.79 Å². The fraction of sp³-hybridized carbons (Fsp3) is 0.667. The lowest BCUT2D eigenvalue weighted by Crippen LogP contribution is -2.45. The molecule has 0 bridgehead atoms. The van der Waals surface area contributed by atoms with Crippen LogP contribution in [0.15, 0.2) is 0 Å². The standard InChI is InChI=1S/C6H11NO4S/c1-3(8)4(5(9)12)7-6(10)11-2/h3-4,8H,1-2H3,(H,7,10)(H,9,12). The molecule has 0 fully saturated rings. The first kappa shape index (κ1) is 11.2. The van der Waals surface area contributed by atoms with E-state index >= 15 is 0 Å². The van der Waals surface area contributed by atoms with Crippen LogP contribution >= 0.6 is 12.6 Å². The molecule has 0 aromatic carbocycles. The van der Waals surface area contributed by atoms with Crippen molar-refractivity contribution in [2.24, 2.45) is 0 Å². The number of aliphatic hydroxyl groups is 1. The third kappa shape index (κ3) is 3.59. The van der Waals surface area contributed by atoms with Gasteiger partial charge in [0.1, 0.15) is 6.04 Å². The third-order valence-electron chi connectivity index (χ3n) is 1.21. The van der Waals surface area contributed by atoms with E-state index in [1.54, 1.807) is 0 Å². The minimum absolute atomic E-state index is 0.615. The molecular formula is C6H11NO4S. The summed E-state index contributed by atoms with van der Waals surface area (Å²) in [6.45, 7) is 1.37. The minimum Gasteiger partial charge on any atom is -0.453 e. The molecule has 12 heavy (non-hydrogen) atoms. The predicted octanol–water partition coefficient (Wildman–Crippen LogP) is -0.452. The van der Waals surface area contributed by atoms with Crippen LogP contribution < -0.4 is 5.32 Å². The molecule has 2 unspecified atom stereocenters. The minimum atomic E-state index is -1.03. The van der Waals surface area contributed by atoms with Gasteiger partial charge in [-0.2, -0.15) is 0 Å². The fourth-order valence-electron chi connectivity index (χ4n) is 0.575. The summed E-state index contributed by atoms with van der Waals surface area (Å²) < 4.78 is 4.23. The predicted molar refractivity (Wildman–Crippen MR) is 45.0 cm³/mol. The molecule has 0 rings (SSSR count). The first-order valence-corrected chi connectivity index (χ1v) is 3.69. The van der Waals surface area contributed by atoms with Gasteiger partial charge in [-0.15, -0.1) is 12.6 Å². The van der Waals surface area contributed by atoms with E-state index in [0.29, 0.717) is 0 Å². The molecule has 1 amide bonds. The van der Waals surface area contributed by atoms with Crippen LogP contribution in [-0.2, 0) is 9.53 Å². The van der Waals surface area contributed by atoms with Crippen LogP contribution in [0.25, 0.3) is 0 Å². The molecule has 0 aliphatic rings. The van der Waals surface area contributed by atoms with Crippen LogP contribution in [0.2, 0.25) is 0 Å². The zero-order valence-electron chi connectivity index (χ0n) is 6.77. The highest BCUT2D eigenvalue weighted by Crippen LogP contribution is 1.97. The van der Waals surface area contributed by atoms with Crippen molar-refractivity contribution in [3.8, 4) is 0 Å². The largest absolute Gasteiger partial charge is 0.453 e. The molecule has 0 aromatic rings. The van der Waals surface area contributed by atoms with Crippen LogP contribution in [0.3, 0.4) is 0 Å². The van der Waals surface area contributed by atoms with Crippen LogP contribution in [-0.4, -0.2) is 35.6 Å². The number of hydrogen-bond donors (Lipinski definition) is 3. The number of ether oxygens (including phenoxy) is 1. The maximum absolute atomic E-state index is 10.7. The molecule has 2 atom stereocenters. The molecular weight excluding hydrogens is 182 g/mol. The molecule has 0 saturated heterocycles. The second kappa shape index (κ2) is 5.00. The number of amides is 1. The Balaban J connectivity index is 4.14. The van der Waals surface area contributed by atoms with Crippen molar-refractivity contribution >= 4 is 23.8 Å². The van der Waals surface area contributed by atoms with Crippen molar-refractivity contribution < 1.29 is 19.4 Å². The van der Waals surface area contributed by atoms with Crippen LogP contribution in [0.5, 0.6) is 0 Å². The van der Waals surface area contributed by atoms with Crippen molar-refractivity contribution in [3.63, 3.8) is 0 Å². The number of methoxy groups -OCH3 is 1. The zero-order valence-corrected chi connectivity index (χ0v) is 7.67. The lowest BCUT2D eigenvalue weighted by atomic mass is 10.2. The van der Waals surface area contributed by atoms with Gasteiger partial charge >= 0.3 is 6.09 Å². The number of aliphatic hydroxyl groups excluding tert-OH is 1. The second-order valence-corrected chi connectivity index (χ2v) is 2.63. The van der Waals surface area contributed by atoms with E-state index in [4.69, 9.17) is 5.11 Å². The molecule has 0 radical (unpaired) electrons. The van der Waals surface area contributed by atoms with Crippen molar-refractivity contribution in [2.45, 2.75) is 19.1 Å². The summed E-state index contributed by atoms with van der Waals surface area (Å²) in [4.78, 5) is 21.3. The lowest BCUT2D eigenvalue weighted by molar-refractivity contribution is -0.114. The summed E-state index contributed by atoms with van der Waals surface area (Å²) >= 11 is 3.48. The van der Waals surface area contributed by atoms with Crippen molar-refractivity contribution in [2.75, 3.05) is 7.11 Å². The summed E-state index contributed by atoms with van der Waals surface area (Å²) in [5.41, 5.74) is 0. The molecule has 5 nitrogen and oxygen atoms in total. The van der Waals surface area contributed by atoms with Crippen LogP contribution in [0, 0.1) is 0 Å². The first-order valence-electron chi connectivity index (χ1n) is 3.24. The van der Waals surface area contributed by atoms with Gasteiger partial charge in [0.25, 0.3) is 0 Å². The van der Waals surface area contributed by atoms with E-state index < -0.39 is 23.4 Å². The summed E-state index contributed by atoms with van der Waals surface area (Å²) in [5, 5.41) is 10.5. The quantitative estimate of drug-likeness (QED) is 0.530. The molecule has 0 spiro atoms. The Morgan fingerprint density at radius 1 is 1.58 bits per heavy atom. The normalized spacial score (nSPS) is 14.7. The second-order valence-electron chi connectivity index (χ2n) is 2.19. The maximum atomic E-state index is 10.7. The summed E-state index contributed by atoms with van der Waals surface area (Å²) in [7, 11) is 1.16. The number of nitrogens with one attached hydrogen (secondary N) is 1. The SMILES string of the molecule is COC(=O)NC(C(=O)S)C(C)O. The Labute approximate surface area is 75.5 Å². The van der Waals surface area contributed by atoms with Crippen LogP contribution in [0.4, 0.5) is 4.79 Å². The van der Waals surface area contributed by atoms with Gasteiger partial charge in [-0.05, 0) is 6.92 Å². The first-order chi connectivity index (χ1) is 5.49. The highest BCUT2D eigenvalue weighted by atomic mass is 32.1. The summed E-state index contributed by atoms with van der Waals surface area (Å²) in [6.07, 6.45) is -1.77. The van der Waals surface area contributed by atoms with Gasteiger partial charge in [0.05, 0.1) is 13.2 Å². The molecule has 2 N–H and O–H groups in total. The van der Waals surface area contributed by atoms with Crippen LogP contribution in [0.1, 0.15) is 6.92 Å². The van der Waals surface area contributed by atoms with Gasteiger partial charge in [-0.25, -0.2) is 4.79 Å². The Morgan fingerprint density at radius 3 is 2.33 bits per heavy atom. The number of carbonyl (C=O) groups excluding carboxylic acids is 2. The smallest absolute Gasteiger partial charge is 0.407 e. The number of thiol groups is 1. The van der Waals surface area contributed by atoms with E-state index in [-0.39, 0.29) is 0 Å². The summed E-state index contributed by atoms with van der Waals surface area (Å²) in [6, 6.07) is -1.03. The van der Waals surface area contributed by atoms with Gasteiger partial charge in [-0.1, -0.05) is 0 Å². The van der Waals surface area contributed by atoms with E-state index in [9.17, 15) is 9.59 Å². The molecule has 0 heterocycles. The molecule has 70 valence electrons. The molecule has 0 saturated carbocycles. The van der Waals surface area contributed by atoms with Gasteiger partial charge in [0.2, 0.25) is 5.12 Å². The van der Waals surface area contributed by atoms with E-state index in [2.05, 4.69) is 22.7 Å². The molecule has 0 aromatic heterocycles. The molecule has 0 aliphatic heterocycles. The van der Waals surface area contributed by atoms with Crippen molar-refractivity contribution in [1.29, 1.82) is 0 Å². The molecule has 0 aliphatic carbocycles. The van der Waals surface area contributed by atoms with E-state index in [0.717, 1.165) is 7.11 Å². The Hall–Kier alpha value is -0.750. The number of alkyl carbamates (subject to hydrolysis) is 1. The van der Waals surface area contributed by atoms with E-state index in [1.807, 2.05) is 0 Å². The zero-order chi connectivity index (χ0) is 9.72. The number of hydrogen-bond acceptors (Lipinski definition) is 4. The highest BCUT2D eigenvalue weighted by molar-refractivity contribution is 7.96. The highest BCUT2D eigenvalue weighted by Gasteiger charge is 2.22. The monoisotopic (exact) mass is 193 g/mol. The summed E-state index contributed by atoms with van der Waals surface area (Å²) in [5.74, 6) is 0. The maximum Gasteiger partial charge on any atom is 0.407 e. The third-order valence-corrected chi connectivity index (χ3v) is 1.49. The Bertz CT molecular complexity index is 182. The number of rotatable bonds is 3. The van der Waals surface area contributed by atoms with Crippen molar-refractivity contribution in [1.82, 2.24) is 5.32 Å². The molecule has 6 heteroatoms. The van der Waals surface area contributed by atoms with E-state index in [1.165, 1.54) is 6.92 Å². The topological polar surface area (TPSA) is 75.6 Å². The fourth-order valence-corrected chi connectivity index (χ4v) is 0.855. The lowest BCUT2D eigenvalue weighted by Gasteiger charge is -2.16. The van der Waals surface area contributed by atoms with Gasteiger partial charge < -0.3 is 15.2 Å². The van der Waals surface area contributed by atoms with Gasteiger partial charge in [0, 0.05) is 0 Å². The Morgan fingerprint density at radius 2 is 2.08 bits per heavy atom. The average molecular weight is 193 g/mol. The Kier molecular flexibility index (Phi) is 4.68.